The molecule has 0 fully saturated rings. The molecule has 0 aliphatic carbocycles. The standard InChI is InChI=1S/C16H31N3O2/c1-7-13(2)19(8-9-20-6)12-15-10-14(18-21-15)11-17-16(3,4)5/h10,13,17H,7-9,11-12H2,1-6H3. The molecular weight excluding hydrogens is 266 g/mol. The second kappa shape index (κ2) is 8.51. The largest absolute Gasteiger partial charge is 0.383 e. The number of nitrogens with zero attached hydrogens (tertiary/aromatic N) is 2. The molecule has 122 valence electrons. The highest BCUT2D eigenvalue weighted by Crippen LogP contribution is 2.12. The van der Waals surface area contributed by atoms with Gasteiger partial charge in [-0.1, -0.05) is 12.1 Å². The van der Waals surface area contributed by atoms with Crippen molar-refractivity contribution in [2.75, 3.05) is 20.3 Å². The van der Waals surface area contributed by atoms with E-state index < -0.39 is 0 Å². The Labute approximate surface area is 129 Å². The molecule has 5 nitrogen and oxygen atoms in total. The van der Waals surface area contributed by atoms with Gasteiger partial charge in [0.1, 0.15) is 0 Å². The van der Waals surface area contributed by atoms with Crippen LogP contribution in [0.15, 0.2) is 10.6 Å². The minimum atomic E-state index is 0.0837. The summed E-state index contributed by atoms with van der Waals surface area (Å²) in [6.45, 7) is 14.0. The van der Waals surface area contributed by atoms with Crippen LogP contribution in [0.1, 0.15) is 52.5 Å². The van der Waals surface area contributed by atoms with Crippen molar-refractivity contribution in [3.05, 3.63) is 17.5 Å². The Hall–Kier alpha value is -0.910. The first kappa shape index (κ1) is 18.1. The molecular formula is C16H31N3O2. The Morgan fingerprint density at radius 3 is 2.71 bits per heavy atom. The molecule has 1 heterocycles. The number of hydrogen-bond acceptors (Lipinski definition) is 5. The minimum absolute atomic E-state index is 0.0837. The average molecular weight is 297 g/mol. The summed E-state index contributed by atoms with van der Waals surface area (Å²) in [4.78, 5) is 2.37. The summed E-state index contributed by atoms with van der Waals surface area (Å²) in [5.74, 6) is 0.914. The number of hydrogen-bond donors (Lipinski definition) is 1. The van der Waals surface area contributed by atoms with E-state index in [0.717, 1.165) is 44.1 Å². The molecule has 1 unspecified atom stereocenters. The summed E-state index contributed by atoms with van der Waals surface area (Å²) in [5, 5.41) is 7.56. The van der Waals surface area contributed by atoms with E-state index in [1.165, 1.54) is 0 Å². The van der Waals surface area contributed by atoms with E-state index in [9.17, 15) is 0 Å². The van der Waals surface area contributed by atoms with Crippen molar-refractivity contribution >= 4 is 0 Å². The van der Waals surface area contributed by atoms with Crippen LogP contribution in [0.2, 0.25) is 0 Å². The van der Waals surface area contributed by atoms with Gasteiger partial charge in [0, 0.05) is 37.8 Å². The zero-order valence-electron chi connectivity index (χ0n) is 14.4. The van der Waals surface area contributed by atoms with E-state index in [1.807, 2.05) is 6.07 Å². The number of rotatable bonds is 9. The van der Waals surface area contributed by atoms with Crippen molar-refractivity contribution in [2.24, 2.45) is 0 Å². The minimum Gasteiger partial charge on any atom is -0.383 e. The fourth-order valence-corrected chi connectivity index (χ4v) is 1.99. The maximum absolute atomic E-state index is 5.46. The van der Waals surface area contributed by atoms with Gasteiger partial charge in [0.25, 0.3) is 0 Å². The zero-order chi connectivity index (χ0) is 15.9. The zero-order valence-corrected chi connectivity index (χ0v) is 14.4. The van der Waals surface area contributed by atoms with Gasteiger partial charge in [0.05, 0.1) is 18.8 Å². The smallest absolute Gasteiger partial charge is 0.151 e. The van der Waals surface area contributed by atoms with Gasteiger partial charge in [0.15, 0.2) is 5.76 Å². The molecule has 1 aromatic rings. The summed E-state index contributed by atoms with van der Waals surface area (Å²) in [6.07, 6.45) is 1.11. The highest BCUT2D eigenvalue weighted by Gasteiger charge is 2.16. The fraction of sp³-hybridized carbons (Fsp3) is 0.812. The van der Waals surface area contributed by atoms with Gasteiger partial charge in [0.2, 0.25) is 0 Å². The molecule has 1 rings (SSSR count). The molecule has 0 aliphatic rings. The van der Waals surface area contributed by atoms with Crippen LogP contribution in [0.4, 0.5) is 0 Å². The first-order valence-corrected chi connectivity index (χ1v) is 7.78. The average Bonchev–Trinajstić information content (AvgIpc) is 2.87. The first-order chi connectivity index (χ1) is 9.85. The molecule has 0 amide bonds. The van der Waals surface area contributed by atoms with Gasteiger partial charge >= 0.3 is 0 Å². The van der Waals surface area contributed by atoms with Crippen LogP contribution in [0.3, 0.4) is 0 Å². The predicted octanol–water partition coefficient (Wildman–Crippen LogP) is 2.81. The third-order valence-electron chi connectivity index (χ3n) is 3.56. The molecule has 21 heavy (non-hydrogen) atoms. The maximum atomic E-state index is 5.46. The third kappa shape index (κ3) is 7.07. The molecule has 1 N–H and O–H groups in total. The summed E-state index contributed by atoms with van der Waals surface area (Å²) in [6, 6.07) is 2.54. The van der Waals surface area contributed by atoms with Crippen molar-refractivity contribution in [2.45, 2.75) is 65.7 Å². The van der Waals surface area contributed by atoms with Gasteiger partial charge in [-0.2, -0.15) is 0 Å². The van der Waals surface area contributed by atoms with Crippen LogP contribution in [-0.4, -0.2) is 41.9 Å². The SMILES string of the molecule is CCC(C)N(CCOC)Cc1cc(CNC(C)(C)C)no1. The summed E-state index contributed by atoms with van der Waals surface area (Å²) < 4.78 is 10.7. The predicted molar refractivity (Wildman–Crippen MR) is 85.1 cm³/mol. The van der Waals surface area contributed by atoms with Crippen molar-refractivity contribution in [3.63, 3.8) is 0 Å². The molecule has 0 aliphatic heterocycles. The van der Waals surface area contributed by atoms with E-state index >= 15 is 0 Å². The first-order valence-electron chi connectivity index (χ1n) is 7.78. The van der Waals surface area contributed by atoms with E-state index in [2.05, 4.69) is 50.0 Å². The monoisotopic (exact) mass is 297 g/mol. The van der Waals surface area contributed by atoms with Crippen molar-refractivity contribution in [3.8, 4) is 0 Å². The number of nitrogens with one attached hydrogen (secondary N) is 1. The van der Waals surface area contributed by atoms with Crippen LogP contribution in [-0.2, 0) is 17.8 Å². The molecule has 1 aromatic heterocycles. The lowest BCUT2D eigenvalue weighted by Crippen LogP contribution is -2.35. The van der Waals surface area contributed by atoms with Gasteiger partial charge in [-0.05, 0) is 34.1 Å². The van der Waals surface area contributed by atoms with Crippen LogP contribution >= 0.6 is 0 Å². The fourth-order valence-electron chi connectivity index (χ4n) is 1.99. The highest BCUT2D eigenvalue weighted by atomic mass is 16.5. The molecule has 0 bridgehead atoms. The summed E-state index contributed by atoms with van der Waals surface area (Å²) >= 11 is 0. The molecule has 0 saturated heterocycles. The number of methoxy groups -OCH3 is 1. The van der Waals surface area contributed by atoms with Crippen molar-refractivity contribution in [1.29, 1.82) is 0 Å². The number of aromatic nitrogens is 1. The summed E-state index contributed by atoms with van der Waals surface area (Å²) in [5.41, 5.74) is 1.04. The maximum Gasteiger partial charge on any atom is 0.151 e. The highest BCUT2D eigenvalue weighted by molar-refractivity contribution is 5.05. The van der Waals surface area contributed by atoms with Crippen LogP contribution in [0.25, 0.3) is 0 Å². The van der Waals surface area contributed by atoms with Gasteiger partial charge in [-0.25, -0.2) is 0 Å². The van der Waals surface area contributed by atoms with Crippen molar-refractivity contribution < 1.29 is 9.26 Å². The lowest BCUT2D eigenvalue weighted by atomic mass is 10.1. The molecule has 0 aromatic carbocycles. The Morgan fingerprint density at radius 2 is 2.14 bits per heavy atom. The van der Waals surface area contributed by atoms with Crippen LogP contribution in [0, 0.1) is 0 Å². The Balaban J connectivity index is 2.57. The Kier molecular flexibility index (Phi) is 7.35. The quantitative estimate of drug-likeness (QED) is 0.759. The van der Waals surface area contributed by atoms with Gasteiger partial charge in [-0.3, -0.25) is 4.90 Å². The van der Waals surface area contributed by atoms with Crippen LogP contribution < -0.4 is 5.32 Å². The van der Waals surface area contributed by atoms with Gasteiger partial charge < -0.3 is 14.6 Å². The Morgan fingerprint density at radius 1 is 1.43 bits per heavy atom. The second-order valence-corrected chi connectivity index (χ2v) is 6.61. The van der Waals surface area contributed by atoms with E-state index in [1.54, 1.807) is 7.11 Å². The molecule has 0 spiro atoms. The van der Waals surface area contributed by atoms with E-state index in [4.69, 9.17) is 9.26 Å². The van der Waals surface area contributed by atoms with E-state index in [-0.39, 0.29) is 5.54 Å². The lowest BCUT2D eigenvalue weighted by Gasteiger charge is -2.26. The molecule has 5 heteroatoms. The van der Waals surface area contributed by atoms with Crippen LogP contribution in [0.5, 0.6) is 0 Å². The van der Waals surface area contributed by atoms with Gasteiger partial charge in [-0.15, -0.1) is 0 Å². The third-order valence-corrected chi connectivity index (χ3v) is 3.56. The topological polar surface area (TPSA) is 50.5 Å². The van der Waals surface area contributed by atoms with E-state index in [0.29, 0.717) is 6.04 Å². The number of ether oxygens (including phenoxy) is 1. The van der Waals surface area contributed by atoms with Crippen molar-refractivity contribution in [1.82, 2.24) is 15.4 Å². The normalized spacial score (nSPS) is 13.9. The second-order valence-electron chi connectivity index (χ2n) is 6.61. The Bertz CT molecular complexity index is 398. The molecule has 0 saturated carbocycles. The molecule has 1 atom stereocenters. The lowest BCUT2D eigenvalue weighted by molar-refractivity contribution is 0.110. The molecule has 0 radical (unpaired) electrons. The summed E-state index contributed by atoms with van der Waals surface area (Å²) in [7, 11) is 1.74.